The molecule has 0 N–H and O–H groups in total. The van der Waals surface area contributed by atoms with Gasteiger partial charge in [-0.3, -0.25) is 0 Å². The summed E-state index contributed by atoms with van der Waals surface area (Å²) >= 11 is 1.85. The van der Waals surface area contributed by atoms with Gasteiger partial charge in [0.15, 0.2) is 0 Å². The molecule has 0 spiro atoms. The third-order valence-corrected chi connectivity index (χ3v) is 3.69. The van der Waals surface area contributed by atoms with Gasteiger partial charge in [0.05, 0.1) is 6.10 Å². The molecule has 0 saturated carbocycles. The Labute approximate surface area is 97.5 Å². The Kier molecular flexibility index (Phi) is 6.69. The molecule has 0 radical (unpaired) electrons. The van der Waals surface area contributed by atoms with Crippen LogP contribution in [0.5, 0.6) is 0 Å². The Morgan fingerprint density at radius 3 is 2.80 bits per heavy atom. The van der Waals surface area contributed by atoms with Gasteiger partial charge in [0.25, 0.3) is 0 Å². The van der Waals surface area contributed by atoms with Crippen LogP contribution in [-0.2, 0) is 11.2 Å². The molecule has 1 aromatic rings. The molecule has 1 rings (SSSR count). The van der Waals surface area contributed by atoms with Crippen LogP contribution in [0.25, 0.3) is 0 Å². The molecule has 0 saturated heterocycles. The highest BCUT2D eigenvalue weighted by molar-refractivity contribution is 7.09. The first-order valence-electron chi connectivity index (χ1n) is 5.92. The van der Waals surface area contributed by atoms with Gasteiger partial charge in [-0.1, -0.05) is 32.3 Å². The van der Waals surface area contributed by atoms with E-state index in [1.807, 2.05) is 18.4 Å². The van der Waals surface area contributed by atoms with Crippen molar-refractivity contribution in [3.63, 3.8) is 0 Å². The van der Waals surface area contributed by atoms with Crippen LogP contribution in [0.15, 0.2) is 17.5 Å². The van der Waals surface area contributed by atoms with Gasteiger partial charge in [-0.25, -0.2) is 0 Å². The molecule has 0 aromatic carbocycles. The second kappa shape index (κ2) is 7.89. The SMILES string of the molecule is CCCCCC(CCc1cccs1)OC. The lowest BCUT2D eigenvalue weighted by atomic mass is 10.1. The lowest BCUT2D eigenvalue weighted by Gasteiger charge is -2.14. The molecule has 0 bridgehead atoms. The van der Waals surface area contributed by atoms with Crippen molar-refractivity contribution in [2.45, 2.75) is 51.6 Å². The van der Waals surface area contributed by atoms with E-state index in [1.54, 1.807) is 0 Å². The molecule has 0 aliphatic rings. The molecule has 2 heteroatoms. The molecule has 0 fully saturated rings. The highest BCUT2D eigenvalue weighted by atomic mass is 32.1. The maximum Gasteiger partial charge on any atom is 0.0574 e. The third-order valence-electron chi connectivity index (χ3n) is 2.76. The average molecular weight is 226 g/mol. The summed E-state index contributed by atoms with van der Waals surface area (Å²) < 4.78 is 5.50. The van der Waals surface area contributed by atoms with Gasteiger partial charge >= 0.3 is 0 Å². The highest BCUT2D eigenvalue weighted by Crippen LogP contribution is 2.16. The lowest BCUT2D eigenvalue weighted by molar-refractivity contribution is 0.0861. The minimum atomic E-state index is 0.457. The molecular weight excluding hydrogens is 204 g/mol. The first-order chi connectivity index (χ1) is 7.36. The monoisotopic (exact) mass is 226 g/mol. The summed E-state index contributed by atoms with van der Waals surface area (Å²) in [7, 11) is 1.84. The van der Waals surface area contributed by atoms with Crippen LogP contribution in [0.3, 0.4) is 0 Å². The predicted octanol–water partition coefficient (Wildman–Crippen LogP) is 4.28. The summed E-state index contributed by atoms with van der Waals surface area (Å²) in [6.07, 6.45) is 7.94. The van der Waals surface area contributed by atoms with Crippen LogP contribution in [-0.4, -0.2) is 13.2 Å². The number of hydrogen-bond donors (Lipinski definition) is 0. The fourth-order valence-electron chi connectivity index (χ4n) is 1.76. The molecule has 1 aromatic heterocycles. The quantitative estimate of drug-likeness (QED) is 0.601. The fourth-order valence-corrected chi connectivity index (χ4v) is 2.48. The zero-order valence-electron chi connectivity index (χ0n) is 9.87. The van der Waals surface area contributed by atoms with E-state index < -0.39 is 0 Å². The molecule has 0 aliphatic carbocycles. The molecule has 0 amide bonds. The summed E-state index contributed by atoms with van der Waals surface area (Å²) in [6.45, 7) is 2.24. The van der Waals surface area contributed by atoms with E-state index in [4.69, 9.17) is 4.74 Å². The second-order valence-corrected chi connectivity index (χ2v) is 5.00. The molecular formula is C13H22OS. The Bertz CT molecular complexity index is 231. The Hall–Kier alpha value is -0.340. The number of methoxy groups -OCH3 is 1. The van der Waals surface area contributed by atoms with Gasteiger partial charge in [0, 0.05) is 12.0 Å². The van der Waals surface area contributed by atoms with Crippen LogP contribution >= 0.6 is 11.3 Å². The molecule has 1 atom stereocenters. The third kappa shape index (κ3) is 5.33. The zero-order valence-corrected chi connectivity index (χ0v) is 10.7. The fraction of sp³-hybridized carbons (Fsp3) is 0.692. The van der Waals surface area contributed by atoms with Crippen molar-refractivity contribution in [1.82, 2.24) is 0 Å². The largest absolute Gasteiger partial charge is 0.381 e. The van der Waals surface area contributed by atoms with Gasteiger partial charge < -0.3 is 4.74 Å². The number of rotatable bonds is 8. The van der Waals surface area contributed by atoms with Gasteiger partial charge in [0.1, 0.15) is 0 Å². The van der Waals surface area contributed by atoms with Crippen molar-refractivity contribution >= 4 is 11.3 Å². The maximum atomic E-state index is 5.50. The number of ether oxygens (including phenoxy) is 1. The normalized spacial score (nSPS) is 12.9. The average Bonchev–Trinajstić information content (AvgIpc) is 2.76. The van der Waals surface area contributed by atoms with E-state index in [2.05, 4.69) is 24.4 Å². The van der Waals surface area contributed by atoms with Gasteiger partial charge in [-0.05, 0) is 30.7 Å². The predicted molar refractivity (Wildman–Crippen MR) is 67.6 cm³/mol. The minimum absolute atomic E-state index is 0.457. The zero-order chi connectivity index (χ0) is 10.9. The van der Waals surface area contributed by atoms with E-state index in [1.165, 1.54) is 43.4 Å². The summed E-state index contributed by atoms with van der Waals surface area (Å²) in [5.41, 5.74) is 0. The second-order valence-electron chi connectivity index (χ2n) is 3.97. The van der Waals surface area contributed by atoms with Crippen molar-refractivity contribution in [3.05, 3.63) is 22.4 Å². The van der Waals surface area contributed by atoms with Crippen molar-refractivity contribution in [3.8, 4) is 0 Å². The number of thiophene rings is 1. The van der Waals surface area contributed by atoms with E-state index in [-0.39, 0.29) is 0 Å². The number of unbranched alkanes of at least 4 members (excludes halogenated alkanes) is 2. The van der Waals surface area contributed by atoms with Crippen molar-refractivity contribution in [2.75, 3.05) is 7.11 Å². The van der Waals surface area contributed by atoms with Crippen molar-refractivity contribution in [2.24, 2.45) is 0 Å². The summed E-state index contributed by atoms with van der Waals surface area (Å²) in [6, 6.07) is 4.34. The molecule has 1 unspecified atom stereocenters. The topological polar surface area (TPSA) is 9.23 Å². The summed E-state index contributed by atoms with van der Waals surface area (Å²) in [4.78, 5) is 1.48. The first-order valence-corrected chi connectivity index (χ1v) is 6.80. The molecule has 86 valence electrons. The van der Waals surface area contributed by atoms with Crippen LogP contribution in [0.2, 0.25) is 0 Å². The molecule has 0 aliphatic heterocycles. The maximum absolute atomic E-state index is 5.50. The molecule has 1 heterocycles. The molecule has 1 nitrogen and oxygen atoms in total. The van der Waals surface area contributed by atoms with E-state index in [9.17, 15) is 0 Å². The van der Waals surface area contributed by atoms with Gasteiger partial charge in [-0.15, -0.1) is 11.3 Å². The van der Waals surface area contributed by atoms with Gasteiger partial charge in [-0.2, -0.15) is 0 Å². The lowest BCUT2D eigenvalue weighted by Crippen LogP contribution is -2.11. The number of aryl methyl sites for hydroxylation is 1. The Morgan fingerprint density at radius 2 is 2.20 bits per heavy atom. The highest BCUT2D eigenvalue weighted by Gasteiger charge is 2.07. The first kappa shape index (κ1) is 12.7. The standard InChI is InChI=1S/C13H22OS/c1-3-4-5-7-12(14-2)9-10-13-8-6-11-15-13/h6,8,11-12H,3-5,7,9-10H2,1-2H3. The Balaban J connectivity index is 2.16. The van der Waals surface area contributed by atoms with Crippen LogP contribution in [0.1, 0.15) is 43.9 Å². The summed E-state index contributed by atoms with van der Waals surface area (Å²) in [5.74, 6) is 0. The number of hydrogen-bond acceptors (Lipinski definition) is 2. The Morgan fingerprint density at radius 1 is 1.33 bits per heavy atom. The van der Waals surface area contributed by atoms with E-state index >= 15 is 0 Å². The summed E-state index contributed by atoms with van der Waals surface area (Å²) in [5, 5.41) is 2.15. The van der Waals surface area contributed by atoms with E-state index in [0.29, 0.717) is 6.10 Å². The molecule has 15 heavy (non-hydrogen) atoms. The van der Waals surface area contributed by atoms with Gasteiger partial charge in [0.2, 0.25) is 0 Å². The smallest absolute Gasteiger partial charge is 0.0574 e. The van der Waals surface area contributed by atoms with Crippen molar-refractivity contribution in [1.29, 1.82) is 0 Å². The minimum Gasteiger partial charge on any atom is -0.381 e. The van der Waals surface area contributed by atoms with Crippen molar-refractivity contribution < 1.29 is 4.74 Å². The van der Waals surface area contributed by atoms with Crippen LogP contribution in [0.4, 0.5) is 0 Å². The van der Waals surface area contributed by atoms with Crippen LogP contribution in [0, 0.1) is 0 Å². The van der Waals surface area contributed by atoms with E-state index in [0.717, 1.165) is 0 Å². The van der Waals surface area contributed by atoms with Crippen LogP contribution < -0.4 is 0 Å².